The maximum absolute atomic E-state index is 13.7. The summed E-state index contributed by atoms with van der Waals surface area (Å²) in [5.41, 5.74) is 3.39. The fourth-order valence-corrected chi connectivity index (χ4v) is 5.61. The first-order valence-corrected chi connectivity index (χ1v) is 11.8. The molecule has 1 aliphatic heterocycles. The fourth-order valence-electron chi connectivity index (χ4n) is 3.87. The summed E-state index contributed by atoms with van der Waals surface area (Å²) < 4.78 is 28.6. The molecule has 3 aromatic carbocycles. The van der Waals surface area contributed by atoms with Crippen molar-refractivity contribution >= 4 is 27.2 Å². The standard InChI is InChI=1S/C26H24N2O3S/c1-2-19-28-23-16-10-9-15-22(23)24(21-13-7-4-8-14-21)25(32(28,30)31)26(29)27-18-17-20-11-5-3-6-12-20/h2-16H,1,17-19H2,(H,27,29). The second-order valence-corrected chi connectivity index (χ2v) is 9.20. The molecule has 0 saturated heterocycles. The van der Waals surface area contributed by atoms with E-state index in [0.29, 0.717) is 35.4 Å². The van der Waals surface area contributed by atoms with E-state index < -0.39 is 15.9 Å². The predicted octanol–water partition coefficient (Wildman–Crippen LogP) is 4.14. The number of para-hydroxylation sites is 1. The SMILES string of the molecule is C=CCN1c2ccccc2C(c2ccccc2)=C(C(=O)NCCc2ccccc2)S1(=O)=O. The molecule has 0 aromatic heterocycles. The normalized spacial score (nSPS) is 14.6. The molecule has 0 radical (unpaired) electrons. The molecule has 32 heavy (non-hydrogen) atoms. The van der Waals surface area contributed by atoms with Crippen molar-refractivity contribution in [2.24, 2.45) is 0 Å². The smallest absolute Gasteiger partial charge is 0.270 e. The number of carbonyl (C=O) groups is 1. The Morgan fingerprint density at radius 1 is 0.906 bits per heavy atom. The van der Waals surface area contributed by atoms with Crippen LogP contribution >= 0.6 is 0 Å². The first-order chi connectivity index (χ1) is 15.5. The van der Waals surface area contributed by atoms with Gasteiger partial charge >= 0.3 is 0 Å². The Kier molecular flexibility index (Phi) is 6.23. The first kappa shape index (κ1) is 21.6. The minimum atomic E-state index is -4.10. The van der Waals surface area contributed by atoms with Crippen LogP contribution in [-0.4, -0.2) is 27.4 Å². The number of fused-ring (bicyclic) bond motifs is 1. The van der Waals surface area contributed by atoms with Crippen LogP contribution in [0, 0.1) is 0 Å². The van der Waals surface area contributed by atoms with E-state index in [1.165, 1.54) is 10.4 Å². The van der Waals surface area contributed by atoms with E-state index in [-0.39, 0.29) is 11.4 Å². The van der Waals surface area contributed by atoms with Crippen molar-refractivity contribution in [1.29, 1.82) is 0 Å². The Labute approximate surface area is 188 Å². The molecule has 162 valence electrons. The average molecular weight is 445 g/mol. The summed E-state index contributed by atoms with van der Waals surface area (Å²) in [6.07, 6.45) is 2.13. The van der Waals surface area contributed by atoms with E-state index in [0.717, 1.165) is 5.56 Å². The number of carbonyl (C=O) groups excluding carboxylic acids is 1. The lowest BCUT2D eigenvalue weighted by Gasteiger charge is -2.32. The highest BCUT2D eigenvalue weighted by Gasteiger charge is 2.40. The quantitative estimate of drug-likeness (QED) is 0.557. The van der Waals surface area contributed by atoms with Gasteiger partial charge in [0.2, 0.25) is 0 Å². The van der Waals surface area contributed by atoms with Crippen LogP contribution < -0.4 is 9.62 Å². The van der Waals surface area contributed by atoms with Crippen molar-refractivity contribution in [3.05, 3.63) is 119 Å². The van der Waals surface area contributed by atoms with Crippen LogP contribution in [0.4, 0.5) is 5.69 Å². The highest BCUT2D eigenvalue weighted by Crippen LogP contribution is 2.42. The lowest BCUT2D eigenvalue weighted by Crippen LogP contribution is -2.42. The van der Waals surface area contributed by atoms with Gasteiger partial charge in [0.25, 0.3) is 15.9 Å². The summed E-state index contributed by atoms with van der Waals surface area (Å²) >= 11 is 0. The molecule has 0 bridgehead atoms. The number of nitrogens with one attached hydrogen (secondary N) is 1. The van der Waals surface area contributed by atoms with Crippen molar-refractivity contribution in [1.82, 2.24) is 5.32 Å². The molecule has 0 fully saturated rings. The second-order valence-electron chi connectivity index (χ2n) is 7.40. The van der Waals surface area contributed by atoms with Crippen molar-refractivity contribution in [3.63, 3.8) is 0 Å². The molecule has 1 aliphatic rings. The summed E-state index contributed by atoms with van der Waals surface area (Å²) in [4.78, 5) is 13.1. The molecule has 0 atom stereocenters. The van der Waals surface area contributed by atoms with Crippen LogP contribution in [0.2, 0.25) is 0 Å². The summed E-state index contributed by atoms with van der Waals surface area (Å²) in [5.74, 6) is -0.608. The molecule has 1 heterocycles. The van der Waals surface area contributed by atoms with Crippen LogP contribution in [0.5, 0.6) is 0 Å². The van der Waals surface area contributed by atoms with Crippen LogP contribution in [0.3, 0.4) is 0 Å². The number of sulfonamides is 1. The van der Waals surface area contributed by atoms with Crippen LogP contribution in [-0.2, 0) is 21.2 Å². The Bertz CT molecular complexity index is 1270. The number of hydrogen-bond donors (Lipinski definition) is 1. The summed E-state index contributed by atoms with van der Waals surface area (Å²) in [6, 6.07) is 26.1. The molecule has 0 spiro atoms. The maximum atomic E-state index is 13.7. The molecule has 1 N–H and O–H groups in total. The van der Waals surface area contributed by atoms with Gasteiger partial charge in [0.05, 0.1) is 12.2 Å². The number of rotatable bonds is 7. The lowest BCUT2D eigenvalue weighted by atomic mass is 9.95. The molecule has 4 rings (SSSR count). The van der Waals surface area contributed by atoms with Gasteiger partial charge in [0.1, 0.15) is 0 Å². The minimum Gasteiger partial charge on any atom is -0.351 e. The van der Waals surface area contributed by atoms with Gasteiger partial charge in [-0.3, -0.25) is 9.10 Å². The Hall–Kier alpha value is -3.64. The zero-order valence-corrected chi connectivity index (χ0v) is 18.4. The molecule has 1 amide bonds. The van der Waals surface area contributed by atoms with E-state index in [1.54, 1.807) is 12.1 Å². The third-order valence-electron chi connectivity index (χ3n) is 5.32. The summed E-state index contributed by atoms with van der Waals surface area (Å²) in [7, 11) is -4.10. The number of hydrogen-bond acceptors (Lipinski definition) is 3. The molecule has 0 aliphatic carbocycles. The van der Waals surface area contributed by atoms with E-state index >= 15 is 0 Å². The lowest BCUT2D eigenvalue weighted by molar-refractivity contribution is -0.116. The Morgan fingerprint density at radius 2 is 1.53 bits per heavy atom. The summed E-state index contributed by atoms with van der Waals surface area (Å²) in [5, 5.41) is 2.82. The predicted molar refractivity (Wildman–Crippen MR) is 129 cm³/mol. The van der Waals surface area contributed by atoms with E-state index in [1.807, 2.05) is 72.8 Å². The Morgan fingerprint density at radius 3 is 2.22 bits per heavy atom. The van der Waals surface area contributed by atoms with Crippen LogP contribution in [0.25, 0.3) is 5.57 Å². The first-order valence-electron chi connectivity index (χ1n) is 10.4. The third kappa shape index (κ3) is 4.09. The molecule has 3 aromatic rings. The van der Waals surface area contributed by atoms with Gasteiger partial charge in [-0.05, 0) is 23.6 Å². The highest BCUT2D eigenvalue weighted by molar-refractivity contribution is 7.97. The molecular weight excluding hydrogens is 420 g/mol. The molecule has 0 saturated carbocycles. The van der Waals surface area contributed by atoms with Gasteiger partial charge < -0.3 is 5.32 Å². The minimum absolute atomic E-state index is 0.0716. The average Bonchev–Trinajstić information content (AvgIpc) is 2.81. The fraction of sp³-hybridized carbons (Fsp3) is 0.115. The van der Waals surface area contributed by atoms with Gasteiger partial charge in [0, 0.05) is 17.7 Å². The Balaban J connectivity index is 1.81. The van der Waals surface area contributed by atoms with Gasteiger partial charge in [-0.15, -0.1) is 6.58 Å². The third-order valence-corrected chi connectivity index (χ3v) is 7.15. The van der Waals surface area contributed by atoms with Gasteiger partial charge in [-0.25, -0.2) is 8.42 Å². The molecule has 5 nitrogen and oxygen atoms in total. The van der Waals surface area contributed by atoms with Crippen molar-refractivity contribution < 1.29 is 13.2 Å². The number of anilines is 1. The number of amides is 1. The molecular formula is C26H24N2O3S. The van der Waals surface area contributed by atoms with E-state index in [4.69, 9.17) is 0 Å². The van der Waals surface area contributed by atoms with Gasteiger partial charge in [-0.2, -0.15) is 0 Å². The van der Waals surface area contributed by atoms with E-state index in [2.05, 4.69) is 11.9 Å². The number of benzene rings is 3. The van der Waals surface area contributed by atoms with Crippen LogP contribution in [0.1, 0.15) is 16.7 Å². The molecule has 0 unspecified atom stereocenters. The summed E-state index contributed by atoms with van der Waals surface area (Å²) in [6.45, 7) is 4.10. The molecule has 6 heteroatoms. The van der Waals surface area contributed by atoms with Crippen molar-refractivity contribution in [2.45, 2.75) is 6.42 Å². The maximum Gasteiger partial charge on any atom is 0.270 e. The highest BCUT2D eigenvalue weighted by atomic mass is 32.2. The topological polar surface area (TPSA) is 66.5 Å². The monoisotopic (exact) mass is 444 g/mol. The van der Waals surface area contributed by atoms with Crippen LogP contribution in [0.15, 0.2) is 102 Å². The van der Waals surface area contributed by atoms with Gasteiger partial charge in [-0.1, -0.05) is 84.9 Å². The van der Waals surface area contributed by atoms with Crippen molar-refractivity contribution in [2.75, 3.05) is 17.4 Å². The van der Waals surface area contributed by atoms with E-state index in [9.17, 15) is 13.2 Å². The van der Waals surface area contributed by atoms with Gasteiger partial charge in [0.15, 0.2) is 4.91 Å². The van der Waals surface area contributed by atoms with Crippen molar-refractivity contribution in [3.8, 4) is 0 Å². The largest absolute Gasteiger partial charge is 0.351 e. The number of nitrogens with zero attached hydrogens (tertiary/aromatic N) is 1. The zero-order chi connectivity index (χ0) is 22.6. The zero-order valence-electron chi connectivity index (χ0n) is 17.6. The second kappa shape index (κ2) is 9.24.